The number of imide groups is 1. The van der Waals surface area contributed by atoms with Crippen LogP contribution in [0, 0.1) is 10.1 Å². The van der Waals surface area contributed by atoms with Crippen LogP contribution < -0.4 is 15.4 Å². The number of esters is 1. The monoisotopic (exact) mass is 339 g/mol. The van der Waals surface area contributed by atoms with Gasteiger partial charge in [0.15, 0.2) is 6.61 Å². The number of nitro groups is 1. The number of nitrogens with one attached hydrogen (secondary N) is 2. The van der Waals surface area contributed by atoms with Gasteiger partial charge < -0.3 is 14.8 Å². The Bertz CT molecular complexity index is 658. The number of urea groups is 1. The lowest BCUT2D eigenvalue weighted by molar-refractivity contribution is -0.384. The second-order valence-corrected chi connectivity index (χ2v) is 4.89. The van der Waals surface area contributed by atoms with E-state index in [0.29, 0.717) is 0 Å². The maximum Gasteiger partial charge on any atom is 0.342 e. The standard InChI is InChI=1S/C14H17N3O7/c1-8(2)15-14(20)16-12(18)7-24-13(19)10-6-9(17(21)22)4-5-11(10)23-3/h4-6,8H,7H2,1-3H3,(H2,15,16,18,20). The number of ether oxygens (including phenoxy) is 2. The van der Waals surface area contributed by atoms with Crippen molar-refractivity contribution in [2.24, 2.45) is 0 Å². The van der Waals surface area contributed by atoms with Crippen LogP contribution >= 0.6 is 0 Å². The maximum absolute atomic E-state index is 12.0. The molecule has 0 aromatic heterocycles. The molecule has 0 aliphatic carbocycles. The number of carbonyl (C=O) groups is 3. The highest BCUT2D eigenvalue weighted by Crippen LogP contribution is 2.24. The summed E-state index contributed by atoms with van der Waals surface area (Å²) in [4.78, 5) is 44.9. The summed E-state index contributed by atoms with van der Waals surface area (Å²) in [5.74, 6) is -1.77. The Morgan fingerprint density at radius 2 is 1.96 bits per heavy atom. The minimum absolute atomic E-state index is 0.0589. The van der Waals surface area contributed by atoms with E-state index in [4.69, 9.17) is 9.47 Å². The van der Waals surface area contributed by atoms with E-state index in [2.05, 4.69) is 5.32 Å². The zero-order chi connectivity index (χ0) is 18.3. The van der Waals surface area contributed by atoms with E-state index >= 15 is 0 Å². The number of benzene rings is 1. The first-order valence-corrected chi connectivity index (χ1v) is 6.84. The Hall–Kier alpha value is -3.17. The number of hydrogen-bond acceptors (Lipinski definition) is 7. The number of carbonyl (C=O) groups excluding carboxylic acids is 3. The fourth-order valence-electron chi connectivity index (χ4n) is 1.64. The molecule has 2 N–H and O–H groups in total. The third-order valence-electron chi connectivity index (χ3n) is 2.62. The molecular weight excluding hydrogens is 322 g/mol. The van der Waals surface area contributed by atoms with E-state index in [1.54, 1.807) is 13.8 Å². The molecule has 1 rings (SSSR count). The summed E-state index contributed by atoms with van der Waals surface area (Å²) >= 11 is 0. The van der Waals surface area contributed by atoms with Crippen molar-refractivity contribution in [1.82, 2.24) is 10.6 Å². The molecule has 10 heteroatoms. The van der Waals surface area contributed by atoms with Crippen molar-refractivity contribution in [3.63, 3.8) is 0 Å². The van der Waals surface area contributed by atoms with Crippen LogP contribution in [0.2, 0.25) is 0 Å². The SMILES string of the molecule is COc1ccc([N+](=O)[O-])cc1C(=O)OCC(=O)NC(=O)NC(C)C. The molecule has 0 saturated heterocycles. The number of nitro benzene ring substituents is 1. The van der Waals surface area contributed by atoms with E-state index in [0.717, 1.165) is 6.07 Å². The Kier molecular flexibility index (Phi) is 6.65. The zero-order valence-corrected chi connectivity index (χ0v) is 13.3. The Morgan fingerprint density at radius 3 is 2.50 bits per heavy atom. The lowest BCUT2D eigenvalue weighted by Crippen LogP contribution is -2.44. The first-order chi connectivity index (χ1) is 11.2. The minimum Gasteiger partial charge on any atom is -0.496 e. The second-order valence-electron chi connectivity index (χ2n) is 4.89. The molecular formula is C14H17N3O7. The predicted molar refractivity (Wildman–Crippen MR) is 81.7 cm³/mol. The summed E-state index contributed by atoms with van der Waals surface area (Å²) in [6, 6.07) is 2.49. The van der Waals surface area contributed by atoms with Gasteiger partial charge in [-0.3, -0.25) is 20.2 Å². The van der Waals surface area contributed by atoms with Gasteiger partial charge in [-0.1, -0.05) is 0 Å². The lowest BCUT2D eigenvalue weighted by Gasteiger charge is -2.10. The fourth-order valence-corrected chi connectivity index (χ4v) is 1.64. The smallest absolute Gasteiger partial charge is 0.342 e. The highest BCUT2D eigenvalue weighted by molar-refractivity contribution is 5.98. The molecule has 0 radical (unpaired) electrons. The molecule has 0 atom stereocenters. The number of non-ortho nitro benzene ring substituents is 1. The third kappa shape index (κ3) is 5.55. The van der Waals surface area contributed by atoms with Crippen LogP contribution in [0.5, 0.6) is 5.75 Å². The molecule has 24 heavy (non-hydrogen) atoms. The quantitative estimate of drug-likeness (QED) is 0.448. The number of amides is 3. The van der Waals surface area contributed by atoms with Gasteiger partial charge in [-0.15, -0.1) is 0 Å². The van der Waals surface area contributed by atoms with Gasteiger partial charge in [0, 0.05) is 18.2 Å². The summed E-state index contributed by atoms with van der Waals surface area (Å²) in [5.41, 5.74) is -0.533. The third-order valence-corrected chi connectivity index (χ3v) is 2.62. The van der Waals surface area contributed by atoms with Crippen LogP contribution in [0.25, 0.3) is 0 Å². The van der Waals surface area contributed by atoms with Gasteiger partial charge in [-0.2, -0.15) is 0 Å². The predicted octanol–water partition coefficient (Wildman–Crippen LogP) is 0.994. The van der Waals surface area contributed by atoms with Crippen molar-refractivity contribution in [2.45, 2.75) is 19.9 Å². The molecule has 0 saturated carbocycles. The molecule has 0 heterocycles. The van der Waals surface area contributed by atoms with Gasteiger partial charge in [-0.05, 0) is 19.9 Å². The van der Waals surface area contributed by atoms with Crippen molar-refractivity contribution in [1.29, 1.82) is 0 Å². The Labute approximate surface area is 137 Å². The van der Waals surface area contributed by atoms with Crippen molar-refractivity contribution in [2.75, 3.05) is 13.7 Å². The van der Waals surface area contributed by atoms with Crippen LogP contribution in [-0.4, -0.2) is 42.6 Å². The summed E-state index contributed by atoms with van der Waals surface area (Å²) in [6.45, 7) is 2.69. The van der Waals surface area contributed by atoms with Gasteiger partial charge >= 0.3 is 12.0 Å². The Balaban J connectivity index is 2.71. The molecule has 130 valence electrons. The number of methoxy groups -OCH3 is 1. The molecule has 0 fully saturated rings. The van der Waals surface area contributed by atoms with Crippen molar-refractivity contribution < 1.29 is 28.8 Å². The van der Waals surface area contributed by atoms with Crippen LogP contribution in [-0.2, 0) is 9.53 Å². The summed E-state index contributed by atoms with van der Waals surface area (Å²) < 4.78 is 9.67. The topological polar surface area (TPSA) is 137 Å². The second kappa shape index (κ2) is 8.46. The molecule has 0 bridgehead atoms. The molecule has 1 aromatic carbocycles. The van der Waals surface area contributed by atoms with Crippen molar-refractivity contribution in [3.8, 4) is 5.75 Å². The lowest BCUT2D eigenvalue weighted by atomic mass is 10.2. The van der Waals surface area contributed by atoms with Crippen LogP contribution in [0.3, 0.4) is 0 Å². The molecule has 0 unspecified atom stereocenters. The van der Waals surface area contributed by atoms with Crippen LogP contribution in [0.15, 0.2) is 18.2 Å². The normalized spacial score (nSPS) is 10.0. The van der Waals surface area contributed by atoms with Crippen LogP contribution in [0.1, 0.15) is 24.2 Å². The average molecular weight is 339 g/mol. The van der Waals surface area contributed by atoms with Gasteiger partial charge in [-0.25, -0.2) is 9.59 Å². The number of rotatable bonds is 6. The Morgan fingerprint density at radius 1 is 1.29 bits per heavy atom. The van der Waals surface area contributed by atoms with Crippen molar-refractivity contribution >= 4 is 23.6 Å². The van der Waals surface area contributed by atoms with E-state index in [-0.39, 0.29) is 23.0 Å². The summed E-state index contributed by atoms with van der Waals surface area (Å²) in [6.07, 6.45) is 0. The average Bonchev–Trinajstić information content (AvgIpc) is 2.50. The summed E-state index contributed by atoms with van der Waals surface area (Å²) in [5, 5.41) is 15.2. The van der Waals surface area contributed by atoms with E-state index < -0.39 is 29.4 Å². The van der Waals surface area contributed by atoms with E-state index in [1.165, 1.54) is 19.2 Å². The first kappa shape index (κ1) is 18.9. The van der Waals surface area contributed by atoms with Crippen molar-refractivity contribution in [3.05, 3.63) is 33.9 Å². The van der Waals surface area contributed by atoms with Gasteiger partial charge in [0.2, 0.25) is 0 Å². The molecule has 0 aliphatic heterocycles. The van der Waals surface area contributed by atoms with Gasteiger partial charge in [0.1, 0.15) is 11.3 Å². The molecule has 1 aromatic rings. The summed E-state index contributed by atoms with van der Waals surface area (Å²) in [7, 11) is 1.28. The van der Waals surface area contributed by atoms with Crippen LogP contribution in [0.4, 0.5) is 10.5 Å². The molecule has 0 aliphatic rings. The number of nitrogens with zero attached hydrogens (tertiary/aromatic N) is 1. The largest absolute Gasteiger partial charge is 0.496 e. The highest BCUT2D eigenvalue weighted by Gasteiger charge is 2.20. The van der Waals surface area contributed by atoms with E-state index in [1.807, 2.05) is 5.32 Å². The first-order valence-electron chi connectivity index (χ1n) is 6.84. The molecule has 10 nitrogen and oxygen atoms in total. The zero-order valence-electron chi connectivity index (χ0n) is 13.3. The van der Waals surface area contributed by atoms with Gasteiger partial charge in [0.25, 0.3) is 11.6 Å². The fraction of sp³-hybridized carbons (Fsp3) is 0.357. The number of hydrogen-bond donors (Lipinski definition) is 2. The van der Waals surface area contributed by atoms with Gasteiger partial charge in [0.05, 0.1) is 12.0 Å². The molecule has 0 spiro atoms. The molecule has 3 amide bonds. The minimum atomic E-state index is -0.991. The highest BCUT2D eigenvalue weighted by atomic mass is 16.6. The maximum atomic E-state index is 12.0. The van der Waals surface area contributed by atoms with E-state index in [9.17, 15) is 24.5 Å².